The summed E-state index contributed by atoms with van der Waals surface area (Å²) >= 11 is 0. The third-order valence-electron chi connectivity index (χ3n) is 6.22. The zero-order chi connectivity index (χ0) is 26.9. The molecule has 2 unspecified atom stereocenters. The Morgan fingerprint density at radius 2 is 1.71 bits per heavy atom. The number of halogens is 1. The van der Waals surface area contributed by atoms with Crippen molar-refractivity contribution in [3.8, 4) is 5.75 Å². The molecule has 0 saturated carbocycles. The number of carbonyl (C=O) groups is 1. The maximum Gasteiger partial charge on any atom is 0.312 e. The maximum absolute atomic E-state index is 13.0. The second-order valence-corrected chi connectivity index (χ2v) is 8.93. The van der Waals surface area contributed by atoms with Crippen molar-refractivity contribution in [2.45, 2.75) is 39.5 Å². The van der Waals surface area contributed by atoms with Crippen LogP contribution in [0.2, 0.25) is 0 Å². The van der Waals surface area contributed by atoms with E-state index in [1.165, 1.54) is 17.7 Å². The predicted molar refractivity (Wildman–Crippen MR) is 141 cm³/mol. The highest BCUT2D eigenvalue weighted by Crippen LogP contribution is 2.27. The lowest BCUT2D eigenvalue weighted by molar-refractivity contribution is -0.139. The van der Waals surface area contributed by atoms with Gasteiger partial charge in [-0.15, -0.1) is 0 Å². The van der Waals surface area contributed by atoms with Gasteiger partial charge in [0.2, 0.25) is 6.23 Å². The molecule has 9 heteroatoms. The van der Waals surface area contributed by atoms with Crippen LogP contribution in [0.5, 0.6) is 5.75 Å². The molecule has 3 aromatic rings. The van der Waals surface area contributed by atoms with E-state index in [0.29, 0.717) is 11.5 Å². The minimum atomic E-state index is -0.999. The van der Waals surface area contributed by atoms with E-state index in [1.54, 1.807) is 25.4 Å². The van der Waals surface area contributed by atoms with Gasteiger partial charge in [-0.25, -0.2) is 4.39 Å². The lowest BCUT2D eigenvalue weighted by Gasteiger charge is -2.26. The summed E-state index contributed by atoms with van der Waals surface area (Å²) in [6.07, 6.45) is 2.35. The Bertz CT molecular complexity index is 1260. The van der Waals surface area contributed by atoms with Crippen molar-refractivity contribution in [3.63, 3.8) is 0 Å². The molecular formula is C29H30FN3O5. The van der Waals surface area contributed by atoms with Crippen LogP contribution in [0.15, 0.2) is 83.1 Å². The molecule has 1 heterocycles. The fourth-order valence-electron chi connectivity index (χ4n) is 3.94. The molecule has 2 atom stereocenters. The molecule has 0 aromatic heterocycles. The van der Waals surface area contributed by atoms with Crippen LogP contribution in [-0.4, -0.2) is 34.8 Å². The summed E-state index contributed by atoms with van der Waals surface area (Å²) in [5.41, 5.74) is 4.07. The Hall–Kier alpha value is -4.40. The second-order valence-electron chi connectivity index (χ2n) is 8.93. The van der Waals surface area contributed by atoms with Gasteiger partial charge in [0.1, 0.15) is 30.4 Å². The van der Waals surface area contributed by atoms with Crippen LogP contribution in [0.4, 0.5) is 4.39 Å². The van der Waals surface area contributed by atoms with Gasteiger partial charge in [-0.3, -0.25) is 9.69 Å². The van der Waals surface area contributed by atoms with Gasteiger partial charge in [-0.2, -0.15) is 0 Å². The highest BCUT2D eigenvalue weighted by atomic mass is 19.1. The van der Waals surface area contributed by atoms with Crippen LogP contribution >= 0.6 is 0 Å². The van der Waals surface area contributed by atoms with Crippen LogP contribution in [0.1, 0.15) is 42.3 Å². The first-order valence-corrected chi connectivity index (χ1v) is 12.3. The van der Waals surface area contributed by atoms with Crippen LogP contribution in [0.3, 0.4) is 0 Å². The van der Waals surface area contributed by atoms with E-state index in [4.69, 9.17) is 14.4 Å². The van der Waals surface area contributed by atoms with Gasteiger partial charge in [-0.1, -0.05) is 65.8 Å². The number of benzene rings is 3. The fraction of sp³-hybridized carbons (Fsp3) is 0.276. The van der Waals surface area contributed by atoms with Crippen molar-refractivity contribution in [3.05, 3.63) is 101 Å². The minimum absolute atomic E-state index is 0.116. The van der Waals surface area contributed by atoms with Gasteiger partial charge in [0.15, 0.2) is 6.73 Å². The molecule has 1 aliphatic heterocycles. The summed E-state index contributed by atoms with van der Waals surface area (Å²) in [5.74, 6) is -1.58. The molecule has 4 rings (SSSR count). The summed E-state index contributed by atoms with van der Waals surface area (Å²) < 4.78 is 19.3. The molecule has 1 aliphatic rings. The molecule has 38 heavy (non-hydrogen) atoms. The van der Waals surface area contributed by atoms with Crippen molar-refractivity contribution in [2.24, 2.45) is 16.2 Å². The van der Waals surface area contributed by atoms with Crippen molar-refractivity contribution < 1.29 is 28.7 Å². The van der Waals surface area contributed by atoms with Gasteiger partial charge in [-0.05, 0) is 60.7 Å². The topological polar surface area (TPSA) is 93.0 Å². The highest BCUT2D eigenvalue weighted by Gasteiger charge is 2.25. The Labute approximate surface area is 220 Å². The number of hydrogen-bond acceptors (Lipinski definition) is 7. The van der Waals surface area contributed by atoms with E-state index >= 15 is 0 Å². The molecule has 0 saturated heterocycles. The number of aliphatic carboxylic acids is 1. The third-order valence-corrected chi connectivity index (χ3v) is 6.22. The summed E-state index contributed by atoms with van der Waals surface area (Å²) in [5, 5.41) is 17.6. The number of ether oxygens (including phenoxy) is 1. The smallest absolute Gasteiger partial charge is 0.312 e. The van der Waals surface area contributed by atoms with Crippen LogP contribution < -0.4 is 4.74 Å². The van der Waals surface area contributed by atoms with Crippen LogP contribution in [0.25, 0.3) is 0 Å². The molecule has 0 aliphatic carbocycles. The number of carboxylic acid groups (broad SMARTS) is 1. The standard InChI is InChI=1S/C29H30FN3O5/c1-3-21-4-10-24(11-5-21)28(33-18-31-37-19-33)38-26-14-8-22(9-15-26)16-27(29(34)35)20(2)32-36-17-23-6-12-25(30)13-7-23/h4-15,18,27-28H,3,16-17,19H2,1-2H3,(H,34,35)/b32-20+. The Kier molecular flexibility index (Phi) is 8.92. The van der Waals surface area contributed by atoms with E-state index in [0.717, 1.165) is 23.1 Å². The number of oxime groups is 2. The number of nitrogens with zero attached hydrogens (tertiary/aromatic N) is 3. The Balaban J connectivity index is 1.41. The summed E-state index contributed by atoms with van der Waals surface area (Å²) in [6.45, 7) is 4.12. The summed E-state index contributed by atoms with van der Waals surface area (Å²) in [4.78, 5) is 24.2. The Morgan fingerprint density at radius 1 is 1.05 bits per heavy atom. The van der Waals surface area contributed by atoms with Crippen LogP contribution in [-0.2, 0) is 33.9 Å². The van der Waals surface area contributed by atoms with Crippen molar-refractivity contribution in [2.75, 3.05) is 6.73 Å². The first kappa shape index (κ1) is 26.7. The lowest BCUT2D eigenvalue weighted by atomic mass is 9.95. The molecule has 0 bridgehead atoms. The number of carboxylic acids is 1. The SMILES string of the molecule is CCc1ccc(C(Oc2ccc(CC(C(=O)O)/C(C)=N/OCc3ccc(F)cc3)cc2)N2C=NOC2)cc1. The molecule has 0 radical (unpaired) electrons. The number of rotatable bonds is 12. The molecule has 0 amide bonds. The normalized spacial score (nSPS) is 14.6. The van der Waals surface area contributed by atoms with E-state index in [9.17, 15) is 14.3 Å². The van der Waals surface area contributed by atoms with Crippen LogP contribution in [0, 0.1) is 11.7 Å². The monoisotopic (exact) mass is 519 g/mol. The highest BCUT2D eigenvalue weighted by molar-refractivity contribution is 6.00. The molecule has 1 N–H and O–H groups in total. The summed E-state index contributed by atoms with van der Waals surface area (Å²) in [7, 11) is 0. The number of hydrogen-bond donors (Lipinski definition) is 1. The first-order valence-electron chi connectivity index (χ1n) is 12.3. The van der Waals surface area contributed by atoms with Crippen molar-refractivity contribution >= 4 is 18.0 Å². The van der Waals surface area contributed by atoms with Gasteiger partial charge in [0.25, 0.3) is 0 Å². The molecule has 3 aromatic carbocycles. The van der Waals surface area contributed by atoms with Gasteiger partial charge in [0, 0.05) is 5.56 Å². The van der Waals surface area contributed by atoms with Gasteiger partial charge < -0.3 is 19.5 Å². The minimum Gasteiger partial charge on any atom is -0.481 e. The largest absolute Gasteiger partial charge is 0.481 e. The van der Waals surface area contributed by atoms with Crippen molar-refractivity contribution in [1.82, 2.24) is 4.90 Å². The zero-order valence-electron chi connectivity index (χ0n) is 21.3. The molecule has 0 spiro atoms. The lowest BCUT2D eigenvalue weighted by Crippen LogP contribution is -2.29. The van der Waals surface area contributed by atoms with E-state index < -0.39 is 18.1 Å². The average molecular weight is 520 g/mol. The van der Waals surface area contributed by atoms with E-state index in [1.807, 2.05) is 41.3 Å². The molecule has 0 fully saturated rings. The quantitative estimate of drug-likeness (QED) is 0.250. The van der Waals surface area contributed by atoms with E-state index in [-0.39, 0.29) is 25.6 Å². The second kappa shape index (κ2) is 12.7. The van der Waals surface area contributed by atoms with Crippen molar-refractivity contribution in [1.29, 1.82) is 0 Å². The zero-order valence-corrected chi connectivity index (χ0v) is 21.3. The number of aryl methyl sites for hydroxylation is 1. The Morgan fingerprint density at radius 3 is 2.32 bits per heavy atom. The predicted octanol–water partition coefficient (Wildman–Crippen LogP) is 5.53. The third kappa shape index (κ3) is 7.09. The first-order chi connectivity index (χ1) is 18.4. The average Bonchev–Trinajstić information content (AvgIpc) is 3.47. The summed E-state index contributed by atoms with van der Waals surface area (Å²) in [6, 6.07) is 21.3. The fourth-order valence-corrected chi connectivity index (χ4v) is 3.94. The maximum atomic E-state index is 13.0. The van der Waals surface area contributed by atoms with E-state index in [2.05, 4.69) is 29.4 Å². The molecule has 198 valence electrons. The molecular weight excluding hydrogens is 489 g/mol. The van der Waals surface area contributed by atoms with Gasteiger partial charge in [0.05, 0.1) is 5.71 Å². The van der Waals surface area contributed by atoms with Gasteiger partial charge >= 0.3 is 5.97 Å². The molecule has 8 nitrogen and oxygen atoms in total.